The Labute approximate surface area is 170 Å². The van der Waals surface area contributed by atoms with Crippen LogP contribution in [0.4, 0.5) is 22.0 Å². The molecule has 0 saturated carbocycles. The number of benzene rings is 2. The predicted octanol–water partition coefficient (Wildman–Crippen LogP) is 3.37. The Hall–Kier alpha value is -3.41. The first-order valence-electron chi connectivity index (χ1n) is 8.34. The van der Waals surface area contributed by atoms with Crippen LogP contribution >= 0.6 is 0 Å². The number of aliphatic hydroxyl groups is 1. The van der Waals surface area contributed by atoms with Gasteiger partial charge in [-0.25, -0.2) is 9.59 Å². The van der Waals surface area contributed by atoms with Crippen molar-refractivity contribution in [2.24, 2.45) is 0 Å². The lowest BCUT2D eigenvalue weighted by atomic mass is 9.82. The fourth-order valence-corrected chi connectivity index (χ4v) is 3.19. The average Bonchev–Trinajstić information content (AvgIpc) is 2.71. The molecule has 7 nitrogen and oxygen atoms in total. The van der Waals surface area contributed by atoms with Gasteiger partial charge >= 0.3 is 29.8 Å². The molecule has 1 heterocycles. The average molecular weight is 448 g/mol. The summed E-state index contributed by atoms with van der Waals surface area (Å²) in [5, 5.41) is 21.1. The molecule has 0 amide bonds. The van der Waals surface area contributed by atoms with E-state index in [0.717, 1.165) is 20.3 Å². The lowest BCUT2D eigenvalue weighted by Crippen LogP contribution is -2.59. The fraction of sp³-hybridized carbons (Fsp3) is 0.263. The first-order chi connectivity index (χ1) is 14.3. The lowest BCUT2D eigenvalue weighted by molar-refractivity contribution is -0.392. The Morgan fingerprint density at radius 3 is 2.16 bits per heavy atom. The van der Waals surface area contributed by atoms with Gasteiger partial charge in [-0.15, -0.1) is 0 Å². The highest BCUT2D eigenvalue weighted by atomic mass is 19.4. The van der Waals surface area contributed by atoms with Crippen LogP contribution in [-0.2, 0) is 15.3 Å². The van der Waals surface area contributed by atoms with Crippen LogP contribution in [0, 0.1) is 0 Å². The molecule has 1 aliphatic rings. The molecule has 1 unspecified atom stereocenters. The largest absolute Gasteiger partial charge is 0.506 e. The molecule has 2 aromatic rings. The summed E-state index contributed by atoms with van der Waals surface area (Å²) >= 11 is 0. The second kappa shape index (κ2) is 7.08. The van der Waals surface area contributed by atoms with Gasteiger partial charge in [0.05, 0.1) is 14.2 Å². The number of halogens is 5. The van der Waals surface area contributed by atoms with Crippen LogP contribution in [0.25, 0.3) is 11.1 Å². The summed E-state index contributed by atoms with van der Waals surface area (Å²) in [5.41, 5.74) is -4.15. The number of esters is 2. The van der Waals surface area contributed by atoms with Gasteiger partial charge in [0.1, 0.15) is 22.6 Å². The van der Waals surface area contributed by atoms with Gasteiger partial charge in [0.15, 0.2) is 0 Å². The molecule has 2 N–H and O–H groups in total. The minimum Gasteiger partial charge on any atom is -0.506 e. The lowest BCUT2D eigenvalue weighted by Gasteiger charge is -2.41. The molecule has 0 spiro atoms. The standard InChI is InChI=1S/C19H13F5O7/c1-29-15(26)9-7-10-12(13(14(9)25)16(27)30-2)8-5-3-4-6-11(8)31-17(10,28)18(20,21)19(22,23)24/h3-7,25,28H,1-2H3. The number of alkyl halides is 5. The zero-order chi connectivity index (χ0) is 23.4. The molecular formula is C19H13F5O7. The van der Waals surface area contributed by atoms with Gasteiger partial charge in [-0.2, -0.15) is 22.0 Å². The third kappa shape index (κ3) is 3.05. The number of aromatic hydroxyl groups is 1. The van der Waals surface area contributed by atoms with Crippen molar-refractivity contribution in [1.82, 2.24) is 0 Å². The Morgan fingerprint density at radius 2 is 1.61 bits per heavy atom. The van der Waals surface area contributed by atoms with E-state index >= 15 is 0 Å². The van der Waals surface area contributed by atoms with Crippen LogP contribution in [0.5, 0.6) is 11.5 Å². The van der Waals surface area contributed by atoms with E-state index < -0.39 is 63.6 Å². The summed E-state index contributed by atoms with van der Waals surface area (Å²) in [5.74, 6) is -14.8. The molecule has 2 aromatic carbocycles. The summed E-state index contributed by atoms with van der Waals surface area (Å²) in [4.78, 5) is 24.4. The minimum absolute atomic E-state index is 0.215. The Morgan fingerprint density at radius 1 is 1.03 bits per heavy atom. The zero-order valence-electron chi connectivity index (χ0n) is 15.7. The molecule has 0 aliphatic carbocycles. The summed E-state index contributed by atoms with van der Waals surface area (Å²) in [6, 6.07) is 5.06. The van der Waals surface area contributed by atoms with Crippen molar-refractivity contribution in [2.75, 3.05) is 14.2 Å². The highest BCUT2D eigenvalue weighted by Crippen LogP contribution is 2.57. The van der Waals surface area contributed by atoms with E-state index in [0.29, 0.717) is 6.07 Å². The van der Waals surface area contributed by atoms with Crippen LogP contribution in [0.1, 0.15) is 26.3 Å². The molecule has 0 radical (unpaired) electrons. The number of carbonyl (C=O) groups excluding carboxylic acids is 2. The minimum atomic E-state index is -6.31. The van der Waals surface area contributed by atoms with Crippen LogP contribution in [0.2, 0.25) is 0 Å². The number of hydrogen-bond acceptors (Lipinski definition) is 7. The van der Waals surface area contributed by atoms with Crippen molar-refractivity contribution in [3.8, 4) is 22.6 Å². The van der Waals surface area contributed by atoms with Crippen LogP contribution in [0.3, 0.4) is 0 Å². The Balaban J connectivity index is 2.55. The molecule has 1 atom stereocenters. The van der Waals surface area contributed by atoms with Crippen molar-refractivity contribution < 1.29 is 56.0 Å². The van der Waals surface area contributed by atoms with Crippen molar-refractivity contribution in [3.05, 3.63) is 47.0 Å². The molecular weight excluding hydrogens is 435 g/mol. The van der Waals surface area contributed by atoms with Crippen LogP contribution in [0.15, 0.2) is 30.3 Å². The van der Waals surface area contributed by atoms with E-state index in [9.17, 15) is 41.8 Å². The van der Waals surface area contributed by atoms with Gasteiger partial charge in [0, 0.05) is 16.7 Å². The number of carbonyl (C=O) groups is 2. The monoisotopic (exact) mass is 448 g/mol. The third-order valence-electron chi connectivity index (χ3n) is 4.66. The van der Waals surface area contributed by atoms with E-state index in [1.54, 1.807) is 0 Å². The van der Waals surface area contributed by atoms with Crippen molar-refractivity contribution in [2.45, 2.75) is 17.9 Å². The van der Waals surface area contributed by atoms with E-state index in [-0.39, 0.29) is 5.56 Å². The first kappa shape index (κ1) is 22.3. The maximum Gasteiger partial charge on any atom is 0.460 e. The number of fused-ring (bicyclic) bond motifs is 3. The number of hydrogen-bond donors (Lipinski definition) is 2. The molecule has 0 saturated heterocycles. The molecule has 12 heteroatoms. The Bertz CT molecular complexity index is 1080. The summed E-state index contributed by atoms with van der Waals surface area (Å²) in [6.45, 7) is 0. The van der Waals surface area contributed by atoms with Crippen LogP contribution in [-0.4, -0.2) is 48.5 Å². The van der Waals surface area contributed by atoms with Crippen molar-refractivity contribution in [1.29, 1.82) is 0 Å². The zero-order valence-corrected chi connectivity index (χ0v) is 15.7. The van der Waals surface area contributed by atoms with E-state index in [4.69, 9.17) is 4.74 Å². The number of rotatable bonds is 3. The topological polar surface area (TPSA) is 102 Å². The Kier molecular flexibility index (Phi) is 5.09. The molecule has 3 rings (SSSR count). The van der Waals surface area contributed by atoms with Gasteiger partial charge in [-0.1, -0.05) is 18.2 Å². The summed E-state index contributed by atoms with van der Waals surface area (Å²) in [6.07, 6.45) is -6.31. The molecule has 31 heavy (non-hydrogen) atoms. The van der Waals surface area contributed by atoms with Crippen LogP contribution < -0.4 is 4.74 Å². The highest BCUT2D eigenvalue weighted by Gasteiger charge is 2.74. The maximum atomic E-state index is 14.5. The summed E-state index contributed by atoms with van der Waals surface area (Å²) in [7, 11) is 1.68. The van der Waals surface area contributed by atoms with Gasteiger partial charge in [-0.3, -0.25) is 0 Å². The molecule has 0 bridgehead atoms. The number of methoxy groups -OCH3 is 2. The number of ether oxygens (including phenoxy) is 3. The van der Waals surface area contributed by atoms with E-state index in [1.165, 1.54) is 18.2 Å². The second-order valence-electron chi connectivity index (χ2n) is 6.37. The molecule has 166 valence electrons. The molecule has 0 fully saturated rings. The molecule has 0 aromatic heterocycles. The first-order valence-corrected chi connectivity index (χ1v) is 8.34. The smallest absolute Gasteiger partial charge is 0.460 e. The number of phenols is 1. The SMILES string of the molecule is COC(=O)c1cc2c(c(C(=O)OC)c1O)-c1ccccc1OC2(O)C(F)(F)C(F)(F)F. The predicted molar refractivity (Wildman–Crippen MR) is 91.7 cm³/mol. The second-order valence-corrected chi connectivity index (χ2v) is 6.37. The number of phenolic OH excluding ortho intramolecular Hbond substituents is 1. The third-order valence-corrected chi connectivity index (χ3v) is 4.66. The maximum absolute atomic E-state index is 14.5. The van der Waals surface area contributed by atoms with Gasteiger partial charge in [-0.05, 0) is 12.1 Å². The quantitative estimate of drug-likeness (QED) is 0.548. The number of para-hydroxylation sites is 1. The highest BCUT2D eigenvalue weighted by molar-refractivity contribution is 6.07. The summed E-state index contributed by atoms with van der Waals surface area (Å²) < 4.78 is 82.3. The molecule has 1 aliphatic heterocycles. The van der Waals surface area contributed by atoms with E-state index in [2.05, 4.69) is 9.47 Å². The fourth-order valence-electron chi connectivity index (χ4n) is 3.19. The van der Waals surface area contributed by atoms with Crippen molar-refractivity contribution >= 4 is 11.9 Å². The van der Waals surface area contributed by atoms with E-state index in [1.807, 2.05) is 0 Å². The van der Waals surface area contributed by atoms with Crippen molar-refractivity contribution in [3.63, 3.8) is 0 Å². The van der Waals surface area contributed by atoms with Gasteiger partial charge in [0.25, 0.3) is 0 Å². The normalized spacial score (nSPS) is 17.8. The van der Waals surface area contributed by atoms with Gasteiger partial charge in [0.2, 0.25) is 0 Å². The van der Waals surface area contributed by atoms with Gasteiger partial charge < -0.3 is 24.4 Å².